The number of hydrogen-bond donors (Lipinski definition) is 2. The van der Waals surface area contributed by atoms with Crippen LogP contribution in [0.2, 0.25) is 0 Å². The summed E-state index contributed by atoms with van der Waals surface area (Å²) in [6.07, 6.45) is 2.10. The van der Waals surface area contributed by atoms with Gasteiger partial charge in [-0.2, -0.15) is 5.10 Å². The molecule has 7 heteroatoms. The average molecular weight is 441 g/mol. The lowest BCUT2D eigenvalue weighted by Crippen LogP contribution is -2.26. The van der Waals surface area contributed by atoms with Gasteiger partial charge in [0.05, 0.1) is 24.6 Å². The number of carbonyl (C=O) groups is 1. The molecule has 4 aromatic rings. The number of pyridine rings is 1. The van der Waals surface area contributed by atoms with Crippen LogP contribution in [0.5, 0.6) is 0 Å². The van der Waals surface area contributed by atoms with E-state index in [0.29, 0.717) is 37.4 Å². The first kappa shape index (κ1) is 21.1. The summed E-state index contributed by atoms with van der Waals surface area (Å²) in [7, 11) is 0. The van der Waals surface area contributed by atoms with Crippen LogP contribution in [0, 0.1) is 0 Å². The van der Waals surface area contributed by atoms with Gasteiger partial charge < -0.3 is 14.8 Å². The third kappa shape index (κ3) is 4.84. The van der Waals surface area contributed by atoms with Crippen LogP contribution >= 0.6 is 0 Å². The van der Waals surface area contributed by atoms with Gasteiger partial charge in [-0.1, -0.05) is 42.5 Å². The Bertz CT molecular complexity index is 1230. The molecule has 33 heavy (non-hydrogen) atoms. The number of aromatic nitrogens is 3. The molecule has 1 saturated heterocycles. The summed E-state index contributed by atoms with van der Waals surface area (Å²) in [6, 6.07) is 23.2. The zero-order chi connectivity index (χ0) is 22.5. The molecule has 0 radical (unpaired) electrons. The maximum Gasteiger partial charge on any atom is 0.251 e. The van der Waals surface area contributed by atoms with Gasteiger partial charge in [-0.25, -0.2) is 0 Å². The van der Waals surface area contributed by atoms with Crippen molar-refractivity contribution in [2.75, 3.05) is 19.8 Å². The summed E-state index contributed by atoms with van der Waals surface area (Å²) in [4.78, 5) is 17.2. The lowest BCUT2D eigenvalue weighted by Gasteiger charge is -2.10. The highest BCUT2D eigenvalue weighted by atomic mass is 16.7. The minimum absolute atomic E-state index is 0.136. The molecule has 1 amide bonds. The molecule has 0 saturated carbocycles. The number of carbonyl (C=O) groups excluding carboxylic acids is 1. The first-order valence-corrected chi connectivity index (χ1v) is 10.9. The quantitative estimate of drug-likeness (QED) is 0.451. The third-order valence-corrected chi connectivity index (χ3v) is 5.51. The van der Waals surface area contributed by atoms with Crippen LogP contribution in [-0.2, 0) is 15.9 Å². The van der Waals surface area contributed by atoms with Gasteiger partial charge in [-0.15, -0.1) is 0 Å². The molecule has 5 rings (SSSR count). The van der Waals surface area contributed by atoms with Crippen LogP contribution in [0.25, 0.3) is 22.5 Å². The number of rotatable bonds is 7. The predicted octanol–water partition coefficient (Wildman–Crippen LogP) is 4.16. The van der Waals surface area contributed by atoms with Crippen LogP contribution in [0.15, 0.2) is 79.0 Å². The Labute approximate surface area is 191 Å². The number of nitrogens with one attached hydrogen (secondary N) is 2. The van der Waals surface area contributed by atoms with E-state index in [9.17, 15) is 4.79 Å². The number of amides is 1. The molecule has 0 atom stereocenters. The number of benzene rings is 2. The largest absolute Gasteiger partial charge is 0.352 e. The van der Waals surface area contributed by atoms with Gasteiger partial charge in [0.15, 0.2) is 6.29 Å². The van der Waals surface area contributed by atoms with Crippen molar-refractivity contribution >= 4 is 5.91 Å². The molecule has 1 aliphatic rings. The Morgan fingerprint density at radius 3 is 2.70 bits per heavy atom. The molecule has 2 aromatic carbocycles. The maximum atomic E-state index is 12.9. The normalized spacial score (nSPS) is 13.8. The van der Waals surface area contributed by atoms with E-state index < -0.39 is 0 Å². The number of ether oxygens (including phenoxy) is 2. The molecule has 166 valence electrons. The first-order chi connectivity index (χ1) is 16.3. The van der Waals surface area contributed by atoms with Crippen molar-refractivity contribution in [2.24, 2.45) is 0 Å². The summed E-state index contributed by atoms with van der Waals surface area (Å²) in [6.45, 7) is 1.71. The van der Waals surface area contributed by atoms with Gasteiger partial charge in [0.25, 0.3) is 5.91 Å². The SMILES string of the molecule is O=C(NCCc1ccccn1)c1ccccc1-c1cc(-c2cccc(C3OCCO3)c2)[nH]n1. The van der Waals surface area contributed by atoms with Crippen molar-refractivity contribution in [3.05, 3.63) is 95.8 Å². The van der Waals surface area contributed by atoms with E-state index in [4.69, 9.17) is 9.47 Å². The fraction of sp³-hybridized carbons (Fsp3) is 0.192. The number of hydrogen-bond acceptors (Lipinski definition) is 5. The Hall–Kier alpha value is -3.81. The van der Waals surface area contributed by atoms with Crippen molar-refractivity contribution in [3.63, 3.8) is 0 Å². The highest BCUT2D eigenvalue weighted by molar-refractivity contribution is 6.00. The molecule has 0 spiro atoms. The minimum atomic E-state index is -0.331. The molecule has 3 heterocycles. The second-order valence-corrected chi connectivity index (χ2v) is 7.74. The second-order valence-electron chi connectivity index (χ2n) is 7.74. The second kappa shape index (κ2) is 9.77. The molecule has 2 N–H and O–H groups in total. The Kier molecular flexibility index (Phi) is 6.23. The Morgan fingerprint density at radius 1 is 1.00 bits per heavy atom. The predicted molar refractivity (Wildman–Crippen MR) is 124 cm³/mol. The van der Waals surface area contributed by atoms with Gasteiger partial charge in [-0.3, -0.25) is 14.9 Å². The smallest absolute Gasteiger partial charge is 0.251 e. The van der Waals surface area contributed by atoms with Gasteiger partial charge >= 0.3 is 0 Å². The molecule has 0 bridgehead atoms. The van der Waals surface area contributed by atoms with E-state index in [2.05, 4.69) is 20.5 Å². The summed E-state index contributed by atoms with van der Waals surface area (Å²) in [5.41, 5.74) is 5.80. The third-order valence-electron chi connectivity index (χ3n) is 5.51. The molecule has 7 nitrogen and oxygen atoms in total. The van der Waals surface area contributed by atoms with Gasteiger partial charge in [0.2, 0.25) is 0 Å². The monoisotopic (exact) mass is 440 g/mol. The van der Waals surface area contributed by atoms with E-state index >= 15 is 0 Å². The molecular formula is C26H24N4O3. The Morgan fingerprint density at radius 2 is 1.85 bits per heavy atom. The van der Waals surface area contributed by atoms with Crippen LogP contribution in [-0.4, -0.2) is 40.8 Å². The van der Waals surface area contributed by atoms with Crippen LogP contribution in [0.3, 0.4) is 0 Å². The molecular weight excluding hydrogens is 416 g/mol. The van der Waals surface area contributed by atoms with E-state index in [-0.39, 0.29) is 12.2 Å². The molecule has 0 aliphatic carbocycles. The summed E-state index contributed by atoms with van der Waals surface area (Å²) >= 11 is 0. The van der Waals surface area contributed by atoms with Crippen molar-refractivity contribution < 1.29 is 14.3 Å². The fourth-order valence-electron chi connectivity index (χ4n) is 3.86. The highest BCUT2D eigenvalue weighted by Gasteiger charge is 2.19. The topological polar surface area (TPSA) is 89.1 Å². The lowest BCUT2D eigenvalue weighted by atomic mass is 10.0. The van der Waals surface area contributed by atoms with Crippen LogP contribution in [0.4, 0.5) is 0 Å². The molecule has 0 unspecified atom stereocenters. The van der Waals surface area contributed by atoms with E-state index in [1.807, 2.05) is 72.8 Å². The van der Waals surface area contributed by atoms with Crippen molar-refractivity contribution in [2.45, 2.75) is 12.7 Å². The van der Waals surface area contributed by atoms with E-state index in [1.54, 1.807) is 6.20 Å². The van der Waals surface area contributed by atoms with Crippen molar-refractivity contribution in [1.82, 2.24) is 20.5 Å². The number of aromatic amines is 1. The lowest BCUT2D eigenvalue weighted by molar-refractivity contribution is -0.0440. The maximum absolute atomic E-state index is 12.9. The molecule has 1 aliphatic heterocycles. The average Bonchev–Trinajstić information content (AvgIpc) is 3.58. The Balaban J connectivity index is 1.33. The summed E-state index contributed by atoms with van der Waals surface area (Å²) in [5, 5.41) is 10.6. The minimum Gasteiger partial charge on any atom is -0.352 e. The van der Waals surface area contributed by atoms with Crippen LogP contribution < -0.4 is 5.32 Å². The van der Waals surface area contributed by atoms with Crippen molar-refractivity contribution in [1.29, 1.82) is 0 Å². The van der Waals surface area contributed by atoms with Crippen molar-refractivity contribution in [3.8, 4) is 22.5 Å². The molecule has 2 aromatic heterocycles. The summed E-state index contributed by atoms with van der Waals surface area (Å²) in [5.74, 6) is -0.136. The fourth-order valence-corrected chi connectivity index (χ4v) is 3.86. The van der Waals surface area contributed by atoms with Gasteiger partial charge in [-0.05, 0) is 30.3 Å². The zero-order valence-corrected chi connectivity index (χ0v) is 18.0. The highest BCUT2D eigenvalue weighted by Crippen LogP contribution is 2.30. The van der Waals surface area contributed by atoms with Gasteiger partial charge in [0, 0.05) is 47.1 Å². The standard InChI is InChI=1S/C26H24N4O3/c31-25(28-13-11-20-8-3-4-12-27-20)22-10-2-1-9-21(22)24-17-23(29-30-24)18-6-5-7-19(16-18)26-32-14-15-33-26/h1-10,12,16-17,26H,11,13-15H2,(H,28,31)(H,29,30). The van der Waals surface area contributed by atoms with E-state index in [1.165, 1.54) is 0 Å². The van der Waals surface area contributed by atoms with Gasteiger partial charge in [0.1, 0.15) is 0 Å². The first-order valence-electron chi connectivity index (χ1n) is 10.9. The molecule has 1 fully saturated rings. The number of H-pyrrole nitrogens is 1. The zero-order valence-electron chi connectivity index (χ0n) is 18.0. The van der Waals surface area contributed by atoms with E-state index in [0.717, 1.165) is 28.1 Å². The van der Waals surface area contributed by atoms with Crippen LogP contribution in [0.1, 0.15) is 27.9 Å². The summed E-state index contributed by atoms with van der Waals surface area (Å²) < 4.78 is 11.2. The number of nitrogens with zero attached hydrogens (tertiary/aromatic N) is 2.